The van der Waals surface area contributed by atoms with Crippen LogP contribution < -0.4 is 14.4 Å². The van der Waals surface area contributed by atoms with Gasteiger partial charge in [0.1, 0.15) is 17.3 Å². The number of ether oxygens (including phenoxy) is 2. The number of benzene rings is 2. The average Bonchev–Trinajstić information content (AvgIpc) is 3.33. The molecule has 0 bridgehead atoms. The third-order valence-electron chi connectivity index (χ3n) is 5.82. The number of hydrogen-bond acceptors (Lipinski definition) is 6. The first-order chi connectivity index (χ1) is 15.3. The molecule has 6 nitrogen and oxygen atoms in total. The van der Waals surface area contributed by atoms with Gasteiger partial charge in [0.25, 0.3) is 0 Å². The summed E-state index contributed by atoms with van der Waals surface area (Å²) in [5.41, 5.74) is 2.95. The fourth-order valence-corrected chi connectivity index (χ4v) is 4.35. The van der Waals surface area contributed by atoms with E-state index < -0.39 is 0 Å². The summed E-state index contributed by atoms with van der Waals surface area (Å²) in [4.78, 5) is 16.5. The fraction of sp³-hybridized carbons (Fsp3) is 0.240. The molecule has 156 valence electrons. The highest BCUT2D eigenvalue weighted by Crippen LogP contribution is 2.42. The van der Waals surface area contributed by atoms with Crippen LogP contribution in [0.4, 0.5) is 5.82 Å². The van der Waals surface area contributed by atoms with Gasteiger partial charge in [-0.05, 0) is 55.3 Å². The number of anilines is 1. The molecule has 0 unspecified atom stereocenters. The molecular weight excluding hydrogens is 388 g/mol. The Kier molecular flexibility index (Phi) is 5.12. The maximum Gasteiger partial charge on any atom is 0.163 e. The summed E-state index contributed by atoms with van der Waals surface area (Å²) in [6, 6.07) is 18.2. The minimum absolute atomic E-state index is 0.144. The molecule has 1 aliphatic rings. The molecule has 1 fully saturated rings. The van der Waals surface area contributed by atoms with Crippen molar-refractivity contribution in [3.63, 3.8) is 0 Å². The van der Waals surface area contributed by atoms with Crippen molar-refractivity contribution in [2.45, 2.75) is 18.9 Å². The third kappa shape index (κ3) is 3.54. The van der Waals surface area contributed by atoms with Crippen LogP contribution in [0.1, 0.15) is 24.4 Å². The Morgan fingerprint density at radius 2 is 1.87 bits per heavy atom. The van der Waals surface area contributed by atoms with Crippen LogP contribution in [0, 0.1) is 0 Å². The van der Waals surface area contributed by atoms with Gasteiger partial charge in [-0.15, -0.1) is 0 Å². The Balaban J connectivity index is 1.66. The van der Waals surface area contributed by atoms with E-state index >= 15 is 0 Å². The molecule has 1 atom stereocenters. The van der Waals surface area contributed by atoms with Crippen LogP contribution in [0.25, 0.3) is 22.3 Å². The number of rotatable bonds is 5. The molecule has 1 saturated heterocycles. The second kappa shape index (κ2) is 8.22. The monoisotopic (exact) mass is 412 g/mol. The van der Waals surface area contributed by atoms with E-state index in [-0.39, 0.29) is 6.04 Å². The predicted molar refractivity (Wildman–Crippen MR) is 122 cm³/mol. The number of pyridine rings is 1. The van der Waals surface area contributed by atoms with Gasteiger partial charge in [0.05, 0.1) is 25.8 Å². The molecule has 0 aliphatic carbocycles. The molecule has 0 spiro atoms. The maximum absolute atomic E-state index is 5.70. The third-order valence-corrected chi connectivity index (χ3v) is 5.82. The Morgan fingerprint density at radius 1 is 0.968 bits per heavy atom. The molecule has 5 rings (SSSR count). The Bertz CT molecular complexity index is 1210. The van der Waals surface area contributed by atoms with Gasteiger partial charge in [-0.3, -0.25) is 4.98 Å². The minimum atomic E-state index is 0.144. The first kappa shape index (κ1) is 19.3. The van der Waals surface area contributed by atoms with Crippen molar-refractivity contribution in [3.8, 4) is 22.9 Å². The van der Waals surface area contributed by atoms with Crippen molar-refractivity contribution in [2.24, 2.45) is 0 Å². The van der Waals surface area contributed by atoms with E-state index in [0.29, 0.717) is 5.82 Å². The predicted octanol–water partition coefficient (Wildman–Crippen LogP) is 5.05. The van der Waals surface area contributed by atoms with Crippen LogP contribution in [-0.4, -0.2) is 35.7 Å². The zero-order valence-corrected chi connectivity index (χ0v) is 17.7. The smallest absolute Gasteiger partial charge is 0.163 e. The van der Waals surface area contributed by atoms with Gasteiger partial charge in [0.15, 0.2) is 5.82 Å². The van der Waals surface area contributed by atoms with E-state index in [2.05, 4.69) is 22.0 Å². The molecular formula is C25H24N4O2. The maximum atomic E-state index is 5.70. The molecule has 0 amide bonds. The lowest BCUT2D eigenvalue weighted by Gasteiger charge is -2.28. The summed E-state index contributed by atoms with van der Waals surface area (Å²) >= 11 is 0. The first-order valence-corrected chi connectivity index (χ1v) is 10.4. The fourth-order valence-electron chi connectivity index (χ4n) is 4.35. The lowest BCUT2D eigenvalue weighted by molar-refractivity contribution is 0.395. The Morgan fingerprint density at radius 3 is 2.68 bits per heavy atom. The van der Waals surface area contributed by atoms with Crippen molar-refractivity contribution in [1.29, 1.82) is 0 Å². The Labute approximate surface area is 181 Å². The molecule has 2 aromatic heterocycles. The van der Waals surface area contributed by atoms with Gasteiger partial charge < -0.3 is 14.4 Å². The zero-order valence-electron chi connectivity index (χ0n) is 17.7. The number of aromatic nitrogens is 3. The van der Waals surface area contributed by atoms with Crippen molar-refractivity contribution in [2.75, 3.05) is 25.7 Å². The van der Waals surface area contributed by atoms with Crippen LogP contribution >= 0.6 is 0 Å². The van der Waals surface area contributed by atoms with Crippen LogP contribution in [0.3, 0.4) is 0 Å². The summed E-state index contributed by atoms with van der Waals surface area (Å²) in [5, 5.41) is 1.05. The molecule has 0 radical (unpaired) electrons. The van der Waals surface area contributed by atoms with Gasteiger partial charge in [0, 0.05) is 35.5 Å². The molecule has 31 heavy (non-hydrogen) atoms. The number of nitrogens with zero attached hydrogens (tertiary/aromatic N) is 4. The van der Waals surface area contributed by atoms with Crippen molar-refractivity contribution < 1.29 is 9.47 Å². The SMILES string of the molecule is COc1ccc(OC)c([C@@H]2CCCN2c2nc(-c3cccnc3)nc3ccccc23)c1. The van der Waals surface area contributed by atoms with Crippen molar-refractivity contribution >= 4 is 16.7 Å². The van der Waals surface area contributed by atoms with Crippen LogP contribution in [0.2, 0.25) is 0 Å². The van der Waals surface area contributed by atoms with Crippen LogP contribution in [0.15, 0.2) is 67.0 Å². The van der Waals surface area contributed by atoms with Gasteiger partial charge in [-0.1, -0.05) is 12.1 Å². The molecule has 0 N–H and O–H groups in total. The normalized spacial score (nSPS) is 15.9. The number of para-hydroxylation sites is 1. The lowest BCUT2D eigenvalue weighted by atomic mass is 10.0. The summed E-state index contributed by atoms with van der Waals surface area (Å²) in [6.07, 6.45) is 5.66. The van der Waals surface area contributed by atoms with E-state index in [9.17, 15) is 0 Å². The van der Waals surface area contributed by atoms with E-state index in [4.69, 9.17) is 19.4 Å². The number of hydrogen-bond donors (Lipinski definition) is 0. The topological polar surface area (TPSA) is 60.4 Å². The summed E-state index contributed by atoms with van der Waals surface area (Å²) in [7, 11) is 3.40. The van der Waals surface area contributed by atoms with Crippen molar-refractivity contribution in [1.82, 2.24) is 15.0 Å². The summed E-state index contributed by atoms with van der Waals surface area (Å²) < 4.78 is 11.2. The van der Waals surface area contributed by atoms with Gasteiger partial charge in [0.2, 0.25) is 0 Å². The molecule has 4 aromatic rings. The second-order valence-corrected chi connectivity index (χ2v) is 7.59. The number of methoxy groups -OCH3 is 2. The van der Waals surface area contributed by atoms with E-state index in [1.54, 1.807) is 26.6 Å². The average molecular weight is 412 g/mol. The van der Waals surface area contributed by atoms with Gasteiger partial charge >= 0.3 is 0 Å². The molecule has 2 aromatic carbocycles. The highest BCUT2D eigenvalue weighted by atomic mass is 16.5. The summed E-state index contributed by atoms with van der Waals surface area (Å²) in [6.45, 7) is 0.915. The highest BCUT2D eigenvalue weighted by molar-refractivity contribution is 5.91. The number of fused-ring (bicyclic) bond motifs is 1. The molecule has 6 heteroatoms. The van der Waals surface area contributed by atoms with Gasteiger partial charge in [-0.2, -0.15) is 0 Å². The highest BCUT2D eigenvalue weighted by Gasteiger charge is 2.31. The van der Waals surface area contributed by atoms with Crippen LogP contribution in [-0.2, 0) is 0 Å². The van der Waals surface area contributed by atoms with Crippen LogP contribution in [0.5, 0.6) is 11.5 Å². The van der Waals surface area contributed by atoms with Crippen molar-refractivity contribution in [3.05, 3.63) is 72.6 Å². The first-order valence-electron chi connectivity index (χ1n) is 10.4. The molecule has 0 saturated carbocycles. The second-order valence-electron chi connectivity index (χ2n) is 7.59. The van der Waals surface area contributed by atoms with E-state index in [0.717, 1.165) is 58.7 Å². The quantitative estimate of drug-likeness (QED) is 0.457. The van der Waals surface area contributed by atoms with E-state index in [1.165, 1.54) is 0 Å². The minimum Gasteiger partial charge on any atom is -0.497 e. The summed E-state index contributed by atoms with van der Waals surface area (Å²) in [5.74, 6) is 3.32. The molecule has 1 aliphatic heterocycles. The van der Waals surface area contributed by atoms with E-state index in [1.807, 2.05) is 42.5 Å². The molecule has 3 heterocycles. The lowest BCUT2D eigenvalue weighted by Crippen LogP contribution is -2.24. The largest absolute Gasteiger partial charge is 0.497 e. The zero-order chi connectivity index (χ0) is 21.2. The Hall–Kier alpha value is -3.67. The van der Waals surface area contributed by atoms with Gasteiger partial charge in [-0.25, -0.2) is 9.97 Å². The standard InChI is InChI=1S/C25H24N4O2/c1-30-18-11-12-23(31-2)20(15-18)22-10-6-14-29(22)25-19-8-3-4-9-21(19)27-24(28-25)17-7-5-13-26-16-17/h3-5,7-9,11-13,15-16,22H,6,10,14H2,1-2H3/t22-/m0/s1.